The third kappa shape index (κ3) is 5.12. The minimum atomic E-state index is -1.86. The average molecular weight is 412 g/mol. The Bertz CT molecular complexity index is 935. The number of carbonyl (C=O) groups is 1. The molecule has 30 heavy (non-hydrogen) atoms. The molecule has 0 atom stereocenters. The van der Waals surface area contributed by atoms with Gasteiger partial charge >= 0.3 is 0 Å². The Hall–Kier alpha value is -3.02. The molecule has 1 nitrogen and oxygen atoms in total. The van der Waals surface area contributed by atoms with Gasteiger partial charge in [-0.25, -0.2) is 0 Å². The van der Waals surface area contributed by atoms with Gasteiger partial charge in [0.25, 0.3) is 0 Å². The van der Waals surface area contributed by atoms with Gasteiger partial charge in [0.05, 0.1) is 6.16 Å². The fraction of sp³-hybridized carbons (Fsp3) is 0.107. The van der Waals surface area contributed by atoms with Crippen LogP contribution in [0.25, 0.3) is 0 Å². The topological polar surface area (TPSA) is 17.1 Å². The van der Waals surface area contributed by atoms with Crippen LogP contribution in [-0.4, -0.2) is 12.4 Å². The number of aldehydes is 1. The molecule has 0 bridgehead atoms. The molecule has 0 radical (unpaired) electrons. The summed E-state index contributed by atoms with van der Waals surface area (Å²) < 4.78 is 0. The molecule has 0 N–H and O–H groups in total. The Morgan fingerprint density at radius 1 is 0.667 bits per heavy atom. The minimum absolute atomic E-state index is 0.719. The molecule has 150 valence electrons. The van der Waals surface area contributed by atoms with Crippen LogP contribution in [0.2, 0.25) is 0 Å². The zero-order valence-electron chi connectivity index (χ0n) is 17.6. The first-order valence-corrected chi connectivity index (χ1v) is 12.1. The summed E-state index contributed by atoms with van der Waals surface area (Å²) in [7, 11) is -1.86. The third-order valence-corrected chi connectivity index (χ3v) is 9.63. The third-order valence-electron chi connectivity index (χ3n) is 5.11. The van der Waals surface area contributed by atoms with E-state index in [1.54, 1.807) is 0 Å². The number of benzene rings is 3. The maximum absolute atomic E-state index is 10.8. The first-order valence-electron chi connectivity index (χ1n) is 10.2. The van der Waals surface area contributed by atoms with Gasteiger partial charge in [0.15, 0.2) is 0 Å². The van der Waals surface area contributed by atoms with Crippen molar-refractivity contribution in [3.05, 3.63) is 126 Å². The lowest BCUT2D eigenvalue weighted by molar-refractivity contribution is -0.104. The van der Waals surface area contributed by atoms with E-state index >= 15 is 0 Å². The summed E-state index contributed by atoms with van der Waals surface area (Å²) in [6.45, 7) is 4.01. The minimum Gasteiger partial charge on any atom is -0.298 e. The molecule has 0 aliphatic carbocycles. The van der Waals surface area contributed by atoms with Gasteiger partial charge in [-0.1, -0.05) is 78.9 Å². The van der Waals surface area contributed by atoms with Crippen molar-refractivity contribution in [2.24, 2.45) is 0 Å². The highest BCUT2D eigenvalue weighted by Gasteiger charge is 2.45. The maximum Gasteiger partial charge on any atom is 0.145 e. The van der Waals surface area contributed by atoms with E-state index < -0.39 is 7.26 Å². The molecular formula is C28H28OP+. The molecule has 2 heteroatoms. The van der Waals surface area contributed by atoms with Gasteiger partial charge in [-0.15, -0.1) is 0 Å². The normalized spacial score (nSPS) is 12.9. The van der Waals surface area contributed by atoms with Gasteiger partial charge in [-0.3, -0.25) is 4.79 Å². The Labute approximate surface area is 180 Å². The predicted molar refractivity (Wildman–Crippen MR) is 133 cm³/mol. The van der Waals surface area contributed by atoms with E-state index in [0.717, 1.165) is 18.0 Å². The first-order chi connectivity index (χ1) is 14.7. The second-order valence-corrected chi connectivity index (χ2v) is 10.9. The molecule has 0 heterocycles. The Kier molecular flexibility index (Phi) is 7.71. The SMILES string of the molecule is C\C(C=O)=C/C=C/C=C(\C)C[P+](c1ccccc1)(c1ccccc1)c1ccccc1. The molecule has 0 saturated carbocycles. The molecule has 3 aromatic rings. The number of carbonyl (C=O) groups excluding carboxylic acids is 1. The van der Waals surface area contributed by atoms with Crippen molar-refractivity contribution in [2.45, 2.75) is 13.8 Å². The largest absolute Gasteiger partial charge is 0.298 e. The Balaban J connectivity index is 2.13. The van der Waals surface area contributed by atoms with Crippen LogP contribution >= 0.6 is 7.26 Å². The van der Waals surface area contributed by atoms with E-state index in [-0.39, 0.29) is 0 Å². The summed E-state index contributed by atoms with van der Waals surface area (Å²) in [6.07, 6.45) is 9.80. The van der Waals surface area contributed by atoms with Crippen molar-refractivity contribution < 1.29 is 4.79 Å². The Morgan fingerprint density at radius 2 is 1.07 bits per heavy atom. The van der Waals surface area contributed by atoms with E-state index in [1.807, 2.05) is 25.2 Å². The van der Waals surface area contributed by atoms with Gasteiger partial charge in [-0.2, -0.15) is 0 Å². The van der Waals surface area contributed by atoms with Crippen LogP contribution in [0.15, 0.2) is 126 Å². The highest BCUT2D eigenvalue weighted by atomic mass is 31.2. The van der Waals surface area contributed by atoms with Crippen molar-refractivity contribution in [1.29, 1.82) is 0 Å². The lowest BCUT2D eigenvalue weighted by Gasteiger charge is -2.28. The molecule has 0 aliphatic rings. The van der Waals surface area contributed by atoms with E-state index in [4.69, 9.17) is 0 Å². The molecule has 0 unspecified atom stereocenters. The summed E-state index contributed by atoms with van der Waals surface area (Å²) in [5.74, 6) is 0. The van der Waals surface area contributed by atoms with E-state index in [1.165, 1.54) is 21.5 Å². The molecule has 3 aromatic carbocycles. The van der Waals surface area contributed by atoms with Crippen molar-refractivity contribution in [2.75, 3.05) is 6.16 Å². The number of hydrogen-bond acceptors (Lipinski definition) is 1. The number of allylic oxidation sites excluding steroid dienone is 6. The lowest BCUT2D eigenvalue weighted by Crippen LogP contribution is -2.33. The molecular weight excluding hydrogens is 383 g/mol. The molecule has 0 amide bonds. The molecule has 0 fully saturated rings. The first kappa shape index (κ1) is 21.7. The van der Waals surface area contributed by atoms with Crippen LogP contribution in [-0.2, 0) is 4.79 Å². The second kappa shape index (κ2) is 10.7. The second-order valence-electron chi connectivity index (χ2n) is 7.40. The molecule has 0 spiro atoms. The van der Waals surface area contributed by atoms with Crippen LogP contribution < -0.4 is 15.9 Å². The van der Waals surface area contributed by atoms with Crippen LogP contribution in [0.4, 0.5) is 0 Å². The molecule has 3 rings (SSSR count). The zero-order chi connectivity index (χ0) is 21.2. The molecule has 0 saturated heterocycles. The number of rotatable bonds is 8. The number of hydrogen-bond donors (Lipinski definition) is 0. The molecule has 0 aromatic heterocycles. The smallest absolute Gasteiger partial charge is 0.145 e. The highest BCUT2D eigenvalue weighted by molar-refractivity contribution is 7.95. The van der Waals surface area contributed by atoms with E-state index in [2.05, 4.69) is 104 Å². The standard InChI is InChI=1S/C28H28OP/c1-24(22-29)14-12-13-15-25(2)23-30(26-16-6-3-7-17-26,27-18-8-4-9-19-27)28-20-10-5-11-21-28/h3-22H,23H2,1-2H3/q+1/b13-12+,24-14+,25-15+. The summed E-state index contributed by atoms with van der Waals surface area (Å²) in [5, 5.41) is 4.16. The van der Waals surface area contributed by atoms with Gasteiger partial charge in [0, 0.05) is 0 Å². The van der Waals surface area contributed by atoms with E-state index in [0.29, 0.717) is 0 Å². The quantitative estimate of drug-likeness (QED) is 0.203. The van der Waals surface area contributed by atoms with Crippen LogP contribution in [0.5, 0.6) is 0 Å². The summed E-state index contributed by atoms with van der Waals surface area (Å²) >= 11 is 0. The van der Waals surface area contributed by atoms with Crippen molar-refractivity contribution >= 4 is 29.5 Å². The fourth-order valence-corrected chi connectivity index (χ4v) is 8.00. The van der Waals surface area contributed by atoms with Gasteiger partial charge in [-0.05, 0) is 61.4 Å². The highest BCUT2D eigenvalue weighted by Crippen LogP contribution is 2.56. The summed E-state index contributed by atoms with van der Waals surface area (Å²) in [4.78, 5) is 10.8. The van der Waals surface area contributed by atoms with Crippen molar-refractivity contribution in [1.82, 2.24) is 0 Å². The lowest BCUT2D eigenvalue weighted by atomic mass is 10.2. The Morgan fingerprint density at radius 3 is 1.47 bits per heavy atom. The summed E-state index contributed by atoms with van der Waals surface area (Å²) in [6, 6.07) is 32.7. The summed E-state index contributed by atoms with van der Waals surface area (Å²) in [5.41, 5.74) is 2.03. The van der Waals surface area contributed by atoms with Gasteiger partial charge in [0.1, 0.15) is 29.5 Å². The average Bonchev–Trinajstić information content (AvgIpc) is 2.82. The van der Waals surface area contributed by atoms with Gasteiger partial charge < -0.3 is 0 Å². The zero-order valence-corrected chi connectivity index (χ0v) is 18.5. The van der Waals surface area contributed by atoms with Crippen LogP contribution in [0, 0.1) is 0 Å². The fourth-order valence-electron chi connectivity index (χ4n) is 3.66. The monoisotopic (exact) mass is 411 g/mol. The predicted octanol–water partition coefficient (Wildman–Crippen LogP) is 5.63. The van der Waals surface area contributed by atoms with Crippen molar-refractivity contribution in [3.8, 4) is 0 Å². The van der Waals surface area contributed by atoms with Crippen LogP contribution in [0.3, 0.4) is 0 Å². The van der Waals surface area contributed by atoms with Gasteiger partial charge in [0.2, 0.25) is 0 Å². The van der Waals surface area contributed by atoms with Crippen LogP contribution in [0.1, 0.15) is 13.8 Å². The maximum atomic E-state index is 10.8. The van der Waals surface area contributed by atoms with Crippen molar-refractivity contribution in [3.63, 3.8) is 0 Å². The van der Waals surface area contributed by atoms with E-state index in [9.17, 15) is 4.79 Å². The molecule has 0 aliphatic heterocycles.